The Morgan fingerprint density at radius 2 is 1.79 bits per heavy atom. The van der Waals surface area contributed by atoms with Gasteiger partial charge in [-0.1, -0.05) is 41.9 Å². The highest BCUT2D eigenvalue weighted by atomic mass is 35.5. The van der Waals surface area contributed by atoms with Gasteiger partial charge in [-0.15, -0.1) is 10.2 Å². The summed E-state index contributed by atoms with van der Waals surface area (Å²) >= 11 is 5.99. The number of hydrogen-bond acceptors (Lipinski definition) is 6. The van der Waals surface area contributed by atoms with Crippen molar-refractivity contribution in [2.24, 2.45) is 5.10 Å². The number of anilines is 1. The second-order valence-corrected chi connectivity index (χ2v) is 6.90. The van der Waals surface area contributed by atoms with Crippen molar-refractivity contribution in [1.82, 2.24) is 10.2 Å². The molecular weight excluding hydrogens is 388 g/mol. The van der Waals surface area contributed by atoms with Gasteiger partial charge < -0.3 is 4.74 Å². The summed E-state index contributed by atoms with van der Waals surface area (Å²) in [4.78, 5) is 11.5. The van der Waals surface area contributed by atoms with E-state index < -0.39 is 0 Å². The lowest BCUT2D eigenvalue weighted by Gasteiger charge is -2.12. The highest BCUT2D eigenvalue weighted by Crippen LogP contribution is 2.27. The van der Waals surface area contributed by atoms with Crippen LogP contribution in [0.25, 0.3) is 11.3 Å². The van der Waals surface area contributed by atoms with Gasteiger partial charge in [-0.25, -0.2) is 0 Å². The second kappa shape index (κ2) is 9.30. The minimum atomic E-state index is -0.116. The predicted molar refractivity (Wildman–Crippen MR) is 116 cm³/mol. The lowest BCUT2D eigenvalue weighted by atomic mass is 10.0. The monoisotopic (exact) mass is 408 g/mol. The summed E-state index contributed by atoms with van der Waals surface area (Å²) in [5.74, 6) is 1.15. The first kappa shape index (κ1) is 20.5. The fraction of sp³-hybridized carbons (Fsp3) is 0.182. The van der Waals surface area contributed by atoms with Crippen LogP contribution in [0.4, 0.5) is 5.82 Å². The third-order valence-electron chi connectivity index (χ3n) is 4.43. The maximum Gasteiger partial charge on any atom is 0.175 e. The van der Waals surface area contributed by atoms with Crippen molar-refractivity contribution in [3.05, 3.63) is 70.7 Å². The highest BCUT2D eigenvalue weighted by Gasteiger charge is 2.12. The number of hydrazone groups is 1. The molecule has 0 spiro atoms. The number of ketones is 1. The number of nitrogens with zero attached hydrogens (tertiary/aromatic N) is 3. The van der Waals surface area contributed by atoms with Crippen LogP contribution in [0.1, 0.15) is 25.0 Å². The van der Waals surface area contributed by atoms with Crippen molar-refractivity contribution < 1.29 is 9.53 Å². The average Bonchev–Trinajstić information content (AvgIpc) is 2.73. The number of Topliss-reactive ketones (excluding diaryl/α,β-unsaturated/α-hetero) is 1. The predicted octanol–water partition coefficient (Wildman–Crippen LogP) is 4.77. The third kappa shape index (κ3) is 5.18. The molecule has 0 atom stereocenters. The Morgan fingerprint density at radius 3 is 2.48 bits per heavy atom. The maximum absolute atomic E-state index is 11.5. The standard InChI is InChI=1S/C22H21ClN4O2/c1-14(15(2)28)24-26-22-18(12-17-6-4-5-7-21(17)29-3)13-20(25-27-22)16-8-10-19(23)11-9-16/h4-11,13H,12H2,1-3H3,(H,26,27)/b24-14-. The van der Waals surface area contributed by atoms with E-state index in [0.717, 1.165) is 22.4 Å². The first-order valence-electron chi connectivity index (χ1n) is 9.03. The number of para-hydroxylation sites is 1. The molecule has 0 aliphatic heterocycles. The zero-order valence-electron chi connectivity index (χ0n) is 16.4. The Morgan fingerprint density at radius 1 is 1.07 bits per heavy atom. The van der Waals surface area contributed by atoms with Crippen molar-refractivity contribution >= 4 is 28.9 Å². The molecule has 0 aliphatic carbocycles. The smallest absolute Gasteiger partial charge is 0.175 e. The summed E-state index contributed by atoms with van der Waals surface area (Å²) in [6.07, 6.45) is 0.553. The Balaban J connectivity index is 2.02. The molecule has 0 bridgehead atoms. The van der Waals surface area contributed by atoms with Crippen LogP contribution >= 0.6 is 11.6 Å². The maximum atomic E-state index is 11.5. The van der Waals surface area contributed by atoms with Crippen LogP contribution in [0.5, 0.6) is 5.75 Å². The van der Waals surface area contributed by atoms with Gasteiger partial charge in [0.2, 0.25) is 0 Å². The summed E-state index contributed by atoms with van der Waals surface area (Å²) < 4.78 is 5.47. The number of carbonyl (C=O) groups is 1. The molecule has 3 rings (SSSR count). The summed E-state index contributed by atoms with van der Waals surface area (Å²) in [6.45, 7) is 3.11. The van der Waals surface area contributed by atoms with Crippen LogP contribution in [-0.2, 0) is 11.2 Å². The number of ether oxygens (including phenoxy) is 1. The van der Waals surface area contributed by atoms with Gasteiger partial charge in [0.05, 0.1) is 12.8 Å². The SMILES string of the molecule is COc1ccccc1Cc1cc(-c2ccc(Cl)cc2)nnc1N/N=C(/C)C(C)=O. The molecule has 0 saturated heterocycles. The van der Waals surface area contributed by atoms with Gasteiger partial charge >= 0.3 is 0 Å². The van der Waals surface area contributed by atoms with E-state index in [4.69, 9.17) is 16.3 Å². The summed E-state index contributed by atoms with van der Waals surface area (Å²) in [7, 11) is 1.64. The fourth-order valence-electron chi connectivity index (χ4n) is 2.69. The van der Waals surface area contributed by atoms with E-state index in [1.165, 1.54) is 6.92 Å². The van der Waals surface area contributed by atoms with Gasteiger partial charge in [0.25, 0.3) is 0 Å². The lowest BCUT2D eigenvalue weighted by molar-refractivity contribution is -0.111. The lowest BCUT2D eigenvalue weighted by Crippen LogP contribution is -2.09. The molecule has 0 radical (unpaired) electrons. The van der Waals surface area contributed by atoms with E-state index in [0.29, 0.717) is 28.7 Å². The van der Waals surface area contributed by atoms with Gasteiger partial charge in [-0.3, -0.25) is 10.2 Å². The number of carbonyl (C=O) groups excluding carboxylic acids is 1. The summed E-state index contributed by atoms with van der Waals surface area (Å²) in [6, 6.07) is 17.1. The van der Waals surface area contributed by atoms with Crippen LogP contribution in [-0.4, -0.2) is 28.8 Å². The van der Waals surface area contributed by atoms with Gasteiger partial charge in [0, 0.05) is 29.5 Å². The number of benzene rings is 2. The zero-order chi connectivity index (χ0) is 20.8. The molecule has 3 aromatic rings. The molecule has 148 valence electrons. The Bertz CT molecular complexity index is 1050. The molecule has 1 N–H and O–H groups in total. The van der Waals surface area contributed by atoms with Gasteiger partial charge in [0.15, 0.2) is 11.6 Å². The van der Waals surface area contributed by atoms with E-state index >= 15 is 0 Å². The molecule has 0 fully saturated rings. The fourth-order valence-corrected chi connectivity index (χ4v) is 2.82. The minimum absolute atomic E-state index is 0.116. The quantitative estimate of drug-likeness (QED) is 0.450. The largest absolute Gasteiger partial charge is 0.496 e. The number of methoxy groups -OCH3 is 1. The van der Waals surface area contributed by atoms with E-state index in [1.807, 2.05) is 54.6 Å². The van der Waals surface area contributed by atoms with Gasteiger partial charge in [-0.2, -0.15) is 5.10 Å². The molecule has 29 heavy (non-hydrogen) atoms. The van der Waals surface area contributed by atoms with E-state index in [9.17, 15) is 4.79 Å². The van der Waals surface area contributed by atoms with E-state index in [1.54, 1.807) is 14.0 Å². The zero-order valence-corrected chi connectivity index (χ0v) is 17.2. The molecule has 2 aromatic carbocycles. The van der Waals surface area contributed by atoms with Crippen molar-refractivity contribution in [3.8, 4) is 17.0 Å². The van der Waals surface area contributed by atoms with Crippen LogP contribution < -0.4 is 10.2 Å². The van der Waals surface area contributed by atoms with E-state index in [-0.39, 0.29) is 5.78 Å². The first-order chi connectivity index (χ1) is 14.0. The van der Waals surface area contributed by atoms with E-state index in [2.05, 4.69) is 20.7 Å². The summed E-state index contributed by atoms with van der Waals surface area (Å²) in [5, 5.41) is 13.4. The summed E-state index contributed by atoms with van der Waals surface area (Å²) in [5.41, 5.74) is 6.71. The molecule has 6 nitrogen and oxygen atoms in total. The number of rotatable bonds is 7. The average molecular weight is 409 g/mol. The second-order valence-electron chi connectivity index (χ2n) is 6.46. The van der Waals surface area contributed by atoms with Crippen LogP contribution in [0.3, 0.4) is 0 Å². The molecule has 0 amide bonds. The molecule has 7 heteroatoms. The van der Waals surface area contributed by atoms with Crippen LogP contribution in [0, 0.1) is 0 Å². The Hall–Kier alpha value is -3.25. The van der Waals surface area contributed by atoms with Crippen LogP contribution in [0.15, 0.2) is 59.7 Å². The Kier molecular flexibility index (Phi) is 6.57. The number of nitrogens with one attached hydrogen (secondary N) is 1. The number of aromatic nitrogens is 2. The first-order valence-corrected chi connectivity index (χ1v) is 9.41. The number of hydrogen-bond donors (Lipinski definition) is 1. The molecule has 0 aliphatic rings. The molecule has 1 aromatic heterocycles. The van der Waals surface area contributed by atoms with Crippen molar-refractivity contribution in [1.29, 1.82) is 0 Å². The number of halogens is 1. The normalized spacial score (nSPS) is 11.2. The van der Waals surface area contributed by atoms with Gasteiger partial charge in [0.1, 0.15) is 11.5 Å². The minimum Gasteiger partial charge on any atom is -0.496 e. The molecular formula is C22H21ClN4O2. The highest BCUT2D eigenvalue weighted by molar-refractivity contribution is 6.38. The van der Waals surface area contributed by atoms with Gasteiger partial charge in [-0.05, 0) is 36.8 Å². The molecule has 1 heterocycles. The molecule has 0 unspecified atom stereocenters. The Labute approximate surface area is 174 Å². The van der Waals surface area contributed by atoms with Crippen molar-refractivity contribution in [3.63, 3.8) is 0 Å². The molecule has 0 saturated carbocycles. The topological polar surface area (TPSA) is 76.5 Å². The van der Waals surface area contributed by atoms with Crippen molar-refractivity contribution in [2.75, 3.05) is 12.5 Å². The third-order valence-corrected chi connectivity index (χ3v) is 4.68. The van der Waals surface area contributed by atoms with Crippen molar-refractivity contribution in [2.45, 2.75) is 20.3 Å². The van der Waals surface area contributed by atoms with Crippen LogP contribution in [0.2, 0.25) is 5.02 Å².